The first-order valence-corrected chi connectivity index (χ1v) is 3.24. The fourth-order valence-corrected chi connectivity index (χ4v) is 0.999. The van der Waals surface area contributed by atoms with Gasteiger partial charge in [0.1, 0.15) is 0 Å². The number of rotatable bonds is 1. The number of hydrogen-bond donors (Lipinski definition) is 2. The van der Waals surface area contributed by atoms with E-state index in [9.17, 15) is 0 Å². The van der Waals surface area contributed by atoms with Gasteiger partial charge in [-0.15, -0.1) is 0 Å². The van der Waals surface area contributed by atoms with Crippen LogP contribution < -0.4 is 5.73 Å². The first kappa shape index (κ1) is 6.99. The van der Waals surface area contributed by atoms with E-state index in [4.69, 9.17) is 15.6 Å². The van der Waals surface area contributed by atoms with Gasteiger partial charge in [-0.3, -0.25) is 0 Å². The summed E-state index contributed by atoms with van der Waals surface area (Å²) in [6.45, 7) is 1.33. The Morgan fingerprint density at radius 1 is 1.67 bits per heavy atom. The van der Waals surface area contributed by atoms with Gasteiger partial charge in [-0.1, -0.05) is 0 Å². The van der Waals surface area contributed by atoms with Crippen molar-refractivity contribution < 1.29 is 9.84 Å². The summed E-state index contributed by atoms with van der Waals surface area (Å²) < 4.78 is 5.09. The van der Waals surface area contributed by atoms with Gasteiger partial charge in [0.25, 0.3) is 0 Å². The number of nitrogens with two attached hydrogens (primary N) is 1. The van der Waals surface area contributed by atoms with E-state index in [-0.39, 0.29) is 6.61 Å². The Labute approximate surface area is 54.8 Å². The highest BCUT2D eigenvalue weighted by atomic mass is 16.5. The lowest BCUT2D eigenvalue weighted by Gasteiger charge is -2.30. The maximum Gasteiger partial charge on any atom is 0.0668 e. The zero-order chi connectivity index (χ0) is 6.74. The lowest BCUT2D eigenvalue weighted by Crippen LogP contribution is -2.50. The van der Waals surface area contributed by atoms with Crippen LogP contribution in [0.25, 0.3) is 0 Å². The third-order valence-corrected chi connectivity index (χ3v) is 1.67. The van der Waals surface area contributed by atoms with Gasteiger partial charge in [-0.2, -0.15) is 0 Å². The smallest absolute Gasteiger partial charge is 0.0668 e. The molecule has 0 aliphatic carbocycles. The molecule has 1 heterocycles. The lowest BCUT2D eigenvalue weighted by atomic mass is 9.95. The molecule has 1 rings (SSSR count). The van der Waals surface area contributed by atoms with Crippen molar-refractivity contribution in [3.05, 3.63) is 0 Å². The minimum atomic E-state index is -0.446. The van der Waals surface area contributed by atoms with Crippen LogP contribution in [0.1, 0.15) is 12.8 Å². The molecule has 3 N–H and O–H groups in total. The second-order valence-corrected chi connectivity index (χ2v) is 2.68. The van der Waals surface area contributed by atoms with Crippen LogP contribution in [0.2, 0.25) is 0 Å². The van der Waals surface area contributed by atoms with Crippen LogP contribution in [-0.4, -0.2) is 30.5 Å². The van der Waals surface area contributed by atoms with Gasteiger partial charge >= 0.3 is 0 Å². The average Bonchev–Trinajstić information content (AvgIpc) is 1.90. The Morgan fingerprint density at radius 2 is 2.44 bits per heavy atom. The van der Waals surface area contributed by atoms with E-state index < -0.39 is 5.54 Å². The molecule has 0 aromatic heterocycles. The van der Waals surface area contributed by atoms with Crippen molar-refractivity contribution in [2.45, 2.75) is 18.4 Å². The van der Waals surface area contributed by atoms with Crippen molar-refractivity contribution in [1.29, 1.82) is 0 Å². The Morgan fingerprint density at radius 3 is 2.78 bits per heavy atom. The molecule has 1 atom stereocenters. The minimum absolute atomic E-state index is 0.0347. The third kappa shape index (κ3) is 1.64. The van der Waals surface area contributed by atoms with E-state index in [1.165, 1.54) is 0 Å². The Hall–Kier alpha value is -0.120. The van der Waals surface area contributed by atoms with Crippen molar-refractivity contribution in [1.82, 2.24) is 0 Å². The number of aliphatic hydroxyl groups excluding tert-OH is 1. The molecule has 0 amide bonds. The largest absolute Gasteiger partial charge is 0.394 e. The first-order chi connectivity index (χ1) is 4.27. The molecule has 0 spiro atoms. The Bertz CT molecular complexity index is 89.1. The first-order valence-electron chi connectivity index (χ1n) is 3.24. The van der Waals surface area contributed by atoms with Gasteiger partial charge in [0.05, 0.1) is 18.8 Å². The van der Waals surface area contributed by atoms with Crippen molar-refractivity contribution >= 4 is 0 Å². The quantitative estimate of drug-likeness (QED) is 0.503. The highest BCUT2D eigenvalue weighted by Crippen LogP contribution is 2.14. The molecule has 0 bridgehead atoms. The fourth-order valence-electron chi connectivity index (χ4n) is 0.999. The second kappa shape index (κ2) is 2.64. The average molecular weight is 131 g/mol. The number of ether oxygens (including phenoxy) is 1. The van der Waals surface area contributed by atoms with Crippen LogP contribution in [-0.2, 0) is 4.74 Å². The van der Waals surface area contributed by atoms with E-state index in [1.54, 1.807) is 0 Å². The van der Waals surface area contributed by atoms with Gasteiger partial charge < -0.3 is 15.6 Å². The molecule has 3 heteroatoms. The highest BCUT2D eigenvalue weighted by Gasteiger charge is 2.26. The van der Waals surface area contributed by atoms with Gasteiger partial charge in [-0.25, -0.2) is 0 Å². The summed E-state index contributed by atoms with van der Waals surface area (Å²) in [6.07, 6.45) is 1.85. The molecule has 1 unspecified atom stereocenters. The molecule has 0 saturated carbocycles. The van der Waals surface area contributed by atoms with Crippen LogP contribution >= 0.6 is 0 Å². The van der Waals surface area contributed by atoms with E-state index in [0.717, 1.165) is 19.4 Å². The van der Waals surface area contributed by atoms with Crippen LogP contribution in [0.3, 0.4) is 0 Å². The van der Waals surface area contributed by atoms with E-state index in [2.05, 4.69) is 0 Å². The van der Waals surface area contributed by atoms with E-state index >= 15 is 0 Å². The highest BCUT2D eigenvalue weighted by molar-refractivity contribution is 4.85. The SMILES string of the molecule is NC1(CO)CCCOC1. The molecule has 1 saturated heterocycles. The van der Waals surface area contributed by atoms with Crippen molar-refractivity contribution in [2.75, 3.05) is 19.8 Å². The third-order valence-electron chi connectivity index (χ3n) is 1.67. The summed E-state index contributed by atoms with van der Waals surface area (Å²) in [4.78, 5) is 0. The summed E-state index contributed by atoms with van der Waals surface area (Å²) in [6, 6.07) is 0. The summed E-state index contributed by atoms with van der Waals surface area (Å²) >= 11 is 0. The maximum atomic E-state index is 8.75. The molecule has 1 aliphatic heterocycles. The van der Waals surface area contributed by atoms with Gasteiger partial charge in [0.15, 0.2) is 0 Å². The molecule has 0 radical (unpaired) electrons. The van der Waals surface area contributed by atoms with Gasteiger partial charge in [0.2, 0.25) is 0 Å². The molecule has 0 aromatic rings. The van der Waals surface area contributed by atoms with Crippen molar-refractivity contribution in [2.24, 2.45) is 5.73 Å². The zero-order valence-corrected chi connectivity index (χ0v) is 5.47. The lowest BCUT2D eigenvalue weighted by molar-refractivity contribution is 0.0119. The van der Waals surface area contributed by atoms with Crippen molar-refractivity contribution in [3.8, 4) is 0 Å². The second-order valence-electron chi connectivity index (χ2n) is 2.68. The summed E-state index contributed by atoms with van der Waals surface area (Å²) in [5, 5.41) is 8.75. The zero-order valence-electron chi connectivity index (χ0n) is 5.47. The maximum absolute atomic E-state index is 8.75. The summed E-state index contributed by atoms with van der Waals surface area (Å²) in [5.41, 5.74) is 5.24. The van der Waals surface area contributed by atoms with Crippen LogP contribution in [0.5, 0.6) is 0 Å². The summed E-state index contributed by atoms with van der Waals surface area (Å²) in [5.74, 6) is 0. The molecule has 1 fully saturated rings. The van der Waals surface area contributed by atoms with E-state index in [1.807, 2.05) is 0 Å². The normalized spacial score (nSPS) is 36.7. The van der Waals surface area contributed by atoms with Crippen LogP contribution in [0.4, 0.5) is 0 Å². The molecule has 9 heavy (non-hydrogen) atoms. The molecule has 3 nitrogen and oxygen atoms in total. The molecular weight excluding hydrogens is 118 g/mol. The molecule has 0 aromatic carbocycles. The number of hydrogen-bond acceptors (Lipinski definition) is 3. The van der Waals surface area contributed by atoms with Gasteiger partial charge in [-0.05, 0) is 12.8 Å². The minimum Gasteiger partial charge on any atom is -0.394 e. The van der Waals surface area contributed by atoms with Gasteiger partial charge in [0, 0.05) is 6.61 Å². The van der Waals surface area contributed by atoms with E-state index in [0.29, 0.717) is 6.61 Å². The molecule has 54 valence electrons. The standard InChI is InChI=1S/C6H13NO2/c7-6(4-8)2-1-3-9-5-6/h8H,1-5,7H2. The number of aliphatic hydroxyl groups is 1. The van der Waals surface area contributed by atoms with Crippen LogP contribution in [0, 0.1) is 0 Å². The predicted molar refractivity (Wildman–Crippen MR) is 34.1 cm³/mol. The molecule has 1 aliphatic rings. The Kier molecular flexibility index (Phi) is 2.05. The molecular formula is C6H13NO2. The van der Waals surface area contributed by atoms with Crippen LogP contribution in [0.15, 0.2) is 0 Å². The Balaban J connectivity index is 2.37. The predicted octanol–water partition coefficient (Wildman–Crippen LogP) is -0.513. The topological polar surface area (TPSA) is 55.5 Å². The monoisotopic (exact) mass is 131 g/mol. The fraction of sp³-hybridized carbons (Fsp3) is 1.00. The summed E-state index contributed by atoms with van der Waals surface area (Å²) in [7, 11) is 0. The van der Waals surface area contributed by atoms with Crippen molar-refractivity contribution in [3.63, 3.8) is 0 Å².